The fourth-order valence-electron chi connectivity index (χ4n) is 1.89. The van der Waals surface area contributed by atoms with Crippen LogP contribution in [-0.2, 0) is 0 Å². The molecule has 0 unspecified atom stereocenters. The summed E-state index contributed by atoms with van der Waals surface area (Å²) >= 11 is 8.62. The number of carbonyl (C=O) groups is 1. The van der Waals surface area contributed by atoms with Gasteiger partial charge in [-0.1, -0.05) is 23.4 Å². The van der Waals surface area contributed by atoms with Gasteiger partial charge in [-0.3, -0.25) is 14.8 Å². The van der Waals surface area contributed by atoms with E-state index in [4.69, 9.17) is 11.6 Å². The number of anilines is 1. The van der Waals surface area contributed by atoms with Crippen molar-refractivity contribution in [3.8, 4) is 0 Å². The molecule has 1 N–H and O–H groups in total. The van der Waals surface area contributed by atoms with E-state index < -0.39 is 11.0 Å². The van der Waals surface area contributed by atoms with E-state index in [0.29, 0.717) is 28.2 Å². The number of amidine groups is 1. The van der Waals surface area contributed by atoms with E-state index >= 15 is 0 Å². The molecule has 1 aliphatic rings. The van der Waals surface area contributed by atoms with E-state index in [9.17, 15) is 14.9 Å². The highest BCUT2D eigenvalue weighted by Gasteiger charge is 2.28. The number of rotatable bonds is 3. The second-order valence-corrected chi connectivity index (χ2v) is 9.04. The molecule has 1 aliphatic heterocycles. The highest BCUT2D eigenvalue weighted by atomic mass is 35.5. The van der Waals surface area contributed by atoms with Crippen LogP contribution in [0.2, 0.25) is 5.02 Å². The average Bonchev–Trinajstić information content (AvgIpc) is 2.92. The van der Waals surface area contributed by atoms with Crippen molar-refractivity contribution in [1.82, 2.24) is 4.72 Å². The number of nitro groups is 1. The molecule has 0 atom stereocenters. The molecular formula is C14H17ClN4O3S2. The second-order valence-electron chi connectivity index (χ2n) is 5.91. The molecule has 0 aromatic heterocycles. The Kier molecular flexibility index (Phi) is 6.00. The van der Waals surface area contributed by atoms with Crippen LogP contribution in [0.25, 0.3) is 0 Å². The second kappa shape index (κ2) is 7.62. The normalized spacial score (nSPS) is 16.5. The van der Waals surface area contributed by atoms with Crippen LogP contribution in [-0.4, -0.2) is 33.2 Å². The molecule has 1 aromatic rings. The highest BCUT2D eigenvalue weighted by molar-refractivity contribution is 8.14. The van der Waals surface area contributed by atoms with Gasteiger partial charge in [0, 0.05) is 28.1 Å². The lowest BCUT2D eigenvalue weighted by molar-refractivity contribution is -0.384. The minimum Gasteiger partial charge on any atom is -0.314 e. The molecule has 2 amide bonds. The van der Waals surface area contributed by atoms with Crippen molar-refractivity contribution in [1.29, 1.82) is 0 Å². The lowest BCUT2D eigenvalue weighted by atomic mass is 10.2. The van der Waals surface area contributed by atoms with E-state index in [1.54, 1.807) is 4.90 Å². The van der Waals surface area contributed by atoms with Crippen molar-refractivity contribution < 1.29 is 9.72 Å². The fraction of sp³-hybridized carbons (Fsp3) is 0.429. The molecule has 24 heavy (non-hydrogen) atoms. The fourth-order valence-corrected chi connectivity index (χ4v) is 3.45. The zero-order chi connectivity index (χ0) is 17.9. The van der Waals surface area contributed by atoms with E-state index in [2.05, 4.69) is 9.71 Å². The number of nitrogens with zero attached hydrogens (tertiary/aromatic N) is 3. The number of carbonyl (C=O) groups excluding carboxylic acids is 1. The molecule has 1 fully saturated rings. The van der Waals surface area contributed by atoms with Crippen molar-refractivity contribution in [2.75, 3.05) is 17.2 Å². The Morgan fingerprint density at radius 3 is 2.83 bits per heavy atom. The Morgan fingerprint density at radius 1 is 1.50 bits per heavy atom. The Bertz CT molecular complexity index is 691. The van der Waals surface area contributed by atoms with Crippen molar-refractivity contribution in [3.05, 3.63) is 33.3 Å². The first-order chi connectivity index (χ1) is 11.2. The first-order valence-electron chi connectivity index (χ1n) is 7.08. The minimum absolute atomic E-state index is 0.0703. The maximum atomic E-state index is 12.0. The van der Waals surface area contributed by atoms with Gasteiger partial charge in [0.1, 0.15) is 5.69 Å². The summed E-state index contributed by atoms with van der Waals surface area (Å²) < 4.78 is 2.53. The monoisotopic (exact) mass is 388 g/mol. The number of hydrogen-bond donors (Lipinski definition) is 1. The van der Waals surface area contributed by atoms with Gasteiger partial charge in [0.05, 0.1) is 4.92 Å². The Labute approximate surface area is 153 Å². The van der Waals surface area contributed by atoms with E-state index in [0.717, 1.165) is 0 Å². The van der Waals surface area contributed by atoms with E-state index in [1.807, 2.05) is 20.8 Å². The van der Waals surface area contributed by atoms with Crippen LogP contribution < -0.4 is 9.62 Å². The van der Waals surface area contributed by atoms with Crippen LogP contribution in [0.4, 0.5) is 16.2 Å². The minimum atomic E-state index is -0.492. The molecule has 10 heteroatoms. The molecule has 1 aromatic carbocycles. The number of thioether (sulfide) groups is 1. The van der Waals surface area contributed by atoms with Gasteiger partial charge in [-0.05, 0) is 44.9 Å². The summed E-state index contributed by atoms with van der Waals surface area (Å²) in [7, 11) is 0. The predicted octanol–water partition coefficient (Wildman–Crippen LogP) is 4.31. The third-order valence-corrected chi connectivity index (χ3v) is 4.92. The zero-order valence-corrected chi connectivity index (χ0v) is 15.8. The van der Waals surface area contributed by atoms with Gasteiger partial charge in [0.2, 0.25) is 0 Å². The summed E-state index contributed by atoms with van der Waals surface area (Å²) in [5.74, 6) is 0.683. The lowest BCUT2D eigenvalue weighted by Gasteiger charge is -2.19. The van der Waals surface area contributed by atoms with Crippen LogP contribution in [0.1, 0.15) is 20.8 Å². The Morgan fingerprint density at radius 2 is 2.21 bits per heavy atom. The first-order valence-corrected chi connectivity index (χ1v) is 9.26. The van der Waals surface area contributed by atoms with Gasteiger partial charge >= 0.3 is 6.03 Å². The standard InChI is InChI=1S/C14H17ClN4O3S2/c1-14(2,3)24-17-12(20)16-13-18(6-7-23-13)11-8-9(15)4-5-10(11)19(21)22/h4-5,8H,6-7H2,1-3H3,(H,17,20). The van der Waals surface area contributed by atoms with Crippen LogP contribution in [0.15, 0.2) is 23.2 Å². The number of hydrogen-bond acceptors (Lipinski definition) is 5. The quantitative estimate of drug-likeness (QED) is 0.471. The molecule has 130 valence electrons. The maximum Gasteiger partial charge on any atom is 0.353 e. The number of halogens is 1. The molecule has 2 rings (SSSR count). The summed E-state index contributed by atoms with van der Waals surface area (Å²) in [6, 6.07) is 3.85. The van der Waals surface area contributed by atoms with Crippen molar-refractivity contribution in [2.24, 2.45) is 4.99 Å². The molecule has 0 spiro atoms. The van der Waals surface area contributed by atoms with Gasteiger partial charge in [-0.2, -0.15) is 4.99 Å². The third-order valence-electron chi connectivity index (χ3n) is 2.84. The molecule has 1 heterocycles. The van der Waals surface area contributed by atoms with Crippen molar-refractivity contribution >= 4 is 57.9 Å². The SMILES string of the molecule is CC(C)(C)SNC(=O)N=C1SCCN1c1cc(Cl)ccc1[N+](=O)[O-]. The molecule has 7 nitrogen and oxygen atoms in total. The molecule has 1 saturated heterocycles. The number of nitro benzene ring substituents is 1. The third kappa shape index (κ3) is 5.02. The Hall–Kier alpha value is -1.45. The summed E-state index contributed by atoms with van der Waals surface area (Å²) in [5, 5.41) is 12.1. The number of nitrogens with one attached hydrogen (secondary N) is 1. The summed E-state index contributed by atoms with van der Waals surface area (Å²) in [4.78, 5) is 28.4. The van der Waals surface area contributed by atoms with Crippen LogP contribution >= 0.6 is 35.3 Å². The van der Waals surface area contributed by atoms with Crippen molar-refractivity contribution in [2.45, 2.75) is 25.5 Å². The summed E-state index contributed by atoms with van der Waals surface area (Å²) in [6.07, 6.45) is 0. The predicted molar refractivity (Wildman–Crippen MR) is 101 cm³/mol. The van der Waals surface area contributed by atoms with Crippen LogP contribution in [0.3, 0.4) is 0 Å². The van der Waals surface area contributed by atoms with Gasteiger partial charge in [-0.15, -0.1) is 0 Å². The van der Waals surface area contributed by atoms with Gasteiger partial charge in [-0.25, -0.2) is 4.79 Å². The molecule has 0 radical (unpaired) electrons. The molecular weight excluding hydrogens is 372 g/mol. The van der Waals surface area contributed by atoms with E-state index in [1.165, 1.54) is 41.9 Å². The smallest absolute Gasteiger partial charge is 0.314 e. The van der Waals surface area contributed by atoms with Gasteiger partial charge < -0.3 is 4.90 Å². The number of urea groups is 1. The van der Waals surface area contributed by atoms with Crippen LogP contribution in [0, 0.1) is 10.1 Å². The first kappa shape index (κ1) is 18.9. The van der Waals surface area contributed by atoms with Crippen LogP contribution in [0.5, 0.6) is 0 Å². The zero-order valence-electron chi connectivity index (χ0n) is 13.4. The molecule has 0 aliphatic carbocycles. The molecule has 0 saturated carbocycles. The molecule has 0 bridgehead atoms. The maximum absolute atomic E-state index is 12.0. The lowest BCUT2D eigenvalue weighted by Crippen LogP contribution is -2.27. The van der Waals surface area contributed by atoms with E-state index in [-0.39, 0.29) is 10.4 Å². The highest BCUT2D eigenvalue weighted by Crippen LogP contribution is 2.35. The number of benzene rings is 1. The summed E-state index contributed by atoms with van der Waals surface area (Å²) in [6.45, 7) is 6.43. The van der Waals surface area contributed by atoms with Gasteiger partial charge in [0.15, 0.2) is 5.17 Å². The largest absolute Gasteiger partial charge is 0.353 e. The number of amides is 2. The number of aliphatic imine (C=N–C) groups is 1. The average molecular weight is 389 g/mol. The Balaban J connectivity index is 2.25. The topological polar surface area (TPSA) is 87.8 Å². The van der Waals surface area contributed by atoms with Crippen molar-refractivity contribution in [3.63, 3.8) is 0 Å². The van der Waals surface area contributed by atoms with Gasteiger partial charge in [0.25, 0.3) is 5.69 Å². The summed E-state index contributed by atoms with van der Waals surface area (Å²) in [5.41, 5.74) is 0.270.